The fraction of sp³-hybridized carbons (Fsp3) is 0.333. The number of piperazine rings is 1. The minimum absolute atomic E-state index is 0.0446. The van der Waals surface area contributed by atoms with Crippen LogP contribution in [0.2, 0.25) is 0 Å². The van der Waals surface area contributed by atoms with Gasteiger partial charge in [0, 0.05) is 26.2 Å². The Kier molecular flexibility index (Phi) is 5.96. The van der Waals surface area contributed by atoms with E-state index in [-0.39, 0.29) is 18.0 Å². The Hall–Kier alpha value is -3.02. The lowest BCUT2D eigenvalue weighted by molar-refractivity contribution is 0.0601. The Balaban J connectivity index is 1.59. The van der Waals surface area contributed by atoms with Crippen LogP contribution in [-0.4, -0.2) is 50.2 Å². The third kappa shape index (κ3) is 4.39. The molecule has 0 bridgehead atoms. The number of ether oxygens (including phenoxy) is 1. The predicted molar refractivity (Wildman–Crippen MR) is 105 cm³/mol. The molecule has 1 unspecified atom stereocenters. The number of esters is 1. The van der Waals surface area contributed by atoms with Crippen LogP contribution < -0.4 is 10.2 Å². The lowest BCUT2D eigenvalue weighted by Gasteiger charge is -2.37. The van der Waals surface area contributed by atoms with Crippen LogP contribution in [0, 0.1) is 0 Å². The van der Waals surface area contributed by atoms with Crippen molar-refractivity contribution in [1.29, 1.82) is 0 Å². The molecule has 0 saturated carbocycles. The maximum atomic E-state index is 12.6. The smallest absolute Gasteiger partial charge is 0.339 e. The van der Waals surface area contributed by atoms with E-state index in [0.717, 1.165) is 11.3 Å². The molecule has 1 atom stereocenters. The molecule has 1 heterocycles. The van der Waals surface area contributed by atoms with E-state index < -0.39 is 0 Å². The number of para-hydroxylation sites is 1. The first-order valence-corrected chi connectivity index (χ1v) is 9.13. The molecule has 1 saturated heterocycles. The minimum Gasteiger partial charge on any atom is -0.465 e. The molecule has 2 amide bonds. The molecule has 0 radical (unpaired) electrons. The largest absolute Gasteiger partial charge is 0.465 e. The van der Waals surface area contributed by atoms with E-state index in [2.05, 4.69) is 10.2 Å². The molecule has 27 heavy (non-hydrogen) atoms. The van der Waals surface area contributed by atoms with Gasteiger partial charge in [0.05, 0.1) is 24.4 Å². The number of carbonyl (C=O) groups is 2. The fourth-order valence-corrected chi connectivity index (χ4v) is 3.28. The number of methoxy groups -OCH3 is 1. The average molecular weight is 367 g/mol. The Bertz CT molecular complexity index is 786. The highest BCUT2D eigenvalue weighted by Gasteiger charge is 2.25. The number of carbonyl (C=O) groups excluding carboxylic acids is 2. The van der Waals surface area contributed by atoms with Crippen LogP contribution in [-0.2, 0) is 4.74 Å². The molecule has 1 aliphatic rings. The maximum absolute atomic E-state index is 12.6. The second kappa shape index (κ2) is 8.58. The zero-order chi connectivity index (χ0) is 19.2. The highest BCUT2D eigenvalue weighted by molar-refractivity contribution is 5.95. The van der Waals surface area contributed by atoms with Gasteiger partial charge in [-0.2, -0.15) is 0 Å². The lowest BCUT2D eigenvalue weighted by Crippen LogP contribution is -2.52. The number of benzene rings is 2. The number of amides is 2. The van der Waals surface area contributed by atoms with Crippen molar-refractivity contribution in [3.05, 3.63) is 65.7 Å². The van der Waals surface area contributed by atoms with Crippen molar-refractivity contribution in [2.45, 2.75) is 13.0 Å². The first-order valence-electron chi connectivity index (χ1n) is 9.13. The molecular formula is C21H25N3O3. The molecule has 0 spiro atoms. The summed E-state index contributed by atoms with van der Waals surface area (Å²) in [5, 5.41) is 3.05. The van der Waals surface area contributed by atoms with Crippen LogP contribution in [0.4, 0.5) is 10.5 Å². The van der Waals surface area contributed by atoms with E-state index in [0.29, 0.717) is 31.7 Å². The van der Waals surface area contributed by atoms with Crippen molar-refractivity contribution in [2.75, 3.05) is 38.2 Å². The van der Waals surface area contributed by atoms with E-state index in [9.17, 15) is 9.59 Å². The van der Waals surface area contributed by atoms with Crippen LogP contribution in [0.25, 0.3) is 0 Å². The first-order chi connectivity index (χ1) is 13.1. The van der Waals surface area contributed by atoms with Crippen LogP contribution in [0.3, 0.4) is 0 Å². The van der Waals surface area contributed by atoms with Crippen molar-refractivity contribution in [1.82, 2.24) is 10.2 Å². The summed E-state index contributed by atoms with van der Waals surface area (Å²) in [7, 11) is 1.38. The lowest BCUT2D eigenvalue weighted by atomic mass is 10.1. The molecule has 142 valence electrons. The molecular weight excluding hydrogens is 342 g/mol. The van der Waals surface area contributed by atoms with Gasteiger partial charge in [-0.15, -0.1) is 0 Å². The van der Waals surface area contributed by atoms with E-state index in [1.165, 1.54) is 7.11 Å². The van der Waals surface area contributed by atoms with Crippen LogP contribution in [0.15, 0.2) is 54.6 Å². The summed E-state index contributed by atoms with van der Waals surface area (Å²) in [6.07, 6.45) is 0. The third-order valence-electron chi connectivity index (χ3n) is 4.86. The van der Waals surface area contributed by atoms with Crippen LogP contribution in [0.5, 0.6) is 0 Å². The highest BCUT2D eigenvalue weighted by atomic mass is 16.5. The highest BCUT2D eigenvalue weighted by Crippen LogP contribution is 2.23. The molecule has 3 rings (SSSR count). The average Bonchev–Trinajstić information content (AvgIpc) is 2.73. The molecule has 6 nitrogen and oxygen atoms in total. The molecule has 2 aromatic carbocycles. The molecule has 1 aliphatic heterocycles. The van der Waals surface area contributed by atoms with E-state index in [1.807, 2.05) is 60.4 Å². The first kappa shape index (κ1) is 18.8. The monoisotopic (exact) mass is 367 g/mol. The maximum Gasteiger partial charge on any atom is 0.339 e. The van der Waals surface area contributed by atoms with Crippen LogP contribution in [0.1, 0.15) is 28.9 Å². The number of hydrogen-bond acceptors (Lipinski definition) is 4. The second-order valence-electron chi connectivity index (χ2n) is 6.56. The summed E-state index contributed by atoms with van der Waals surface area (Å²) in [5.74, 6) is -0.345. The molecule has 0 aromatic heterocycles. The normalized spacial score (nSPS) is 15.2. The van der Waals surface area contributed by atoms with E-state index in [1.54, 1.807) is 6.07 Å². The number of hydrogen-bond donors (Lipinski definition) is 1. The Morgan fingerprint density at radius 1 is 0.963 bits per heavy atom. The Labute approximate surface area is 159 Å². The molecule has 1 N–H and O–H groups in total. The summed E-state index contributed by atoms with van der Waals surface area (Å²) in [6.45, 7) is 4.52. The number of urea groups is 1. The Morgan fingerprint density at radius 3 is 2.26 bits per heavy atom. The summed E-state index contributed by atoms with van der Waals surface area (Å²) in [5.41, 5.74) is 2.48. The van der Waals surface area contributed by atoms with Gasteiger partial charge in [0.2, 0.25) is 0 Å². The predicted octanol–water partition coefficient (Wildman–Crippen LogP) is 3.07. The fourth-order valence-electron chi connectivity index (χ4n) is 3.28. The summed E-state index contributed by atoms with van der Waals surface area (Å²) in [6, 6.07) is 17.2. The van der Waals surface area contributed by atoms with Crippen molar-refractivity contribution < 1.29 is 14.3 Å². The number of nitrogens with one attached hydrogen (secondary N) is 1. The van der Waals surface area contributed by atoms with Gasteiger partial charge in [-0.1, -0.05) is 42.5 Å². The van der Waals surface area contributed by atoms with Gasteiger partial charge in [-0.05, 0) is 24.6 Å². The van der Waals surface area contributed by atoms with Crippen LogP contribution >= 0.6 is 0 Å². The van der Waals surface area contributed by atoms with Crippen molar-refractivity contribution in [3.63, 3.8) is 0 Å². The topological polar surface area (TPSA) is 61.9 Å². The van der Waals surface area contributed by atoms with Crippen molar-refractivity contribution >= 4 is 17.7 Å². The van der Waals surface area contributed by atoms with Crippen molar-refractivity contribution in [2.24, 2.45) is 0 Å². The molecule has 2 aromatic rings. The molecule has 1 fully saturated rings. The standard InChI is InChI=1S/C21H25N3O3/c1-16(17-8-4-3-5-9-17)22-21(26)24-14-12-23(13-15-24)19-11-7-6-10-18(19)20(25)27-2/h3-11,16H,12-15H2,1-2H3,(H,22,26). The van der Waals surface area contributed by atoms with Crippen molar-refractivity contribution in [3.8, 4) is 0 Å². The SMILES string of the molecule is COC(=O)c1ccccc1N1CCN(C(=O)NC(C)c2ccccc2)CC1. The van der Waals surface area contributed by atoms with Gasteiger partial charge in [-0.25, -0.2) is 9.59 Å². The number of anilines is 1. The molecule has 6 heteroatoms. The van der Waals surface area contributed by atoms with Gasteiger partial charge in [0.15, 0.2) is 0 Å². The second-order valence-corrected chi connectivity index (χ2v) is 6.56. The zero-order valence-corrected chi connectivity index (χ0v) is 15.7. The van der Waals surface area contributed by atoms with E-state index >= 15 is 0 Å². The quantitative estimate of drug-likeness (QED) is 0.844. The summed E-state index contributed by atoms with van der Waals surface area (Å²) in [4.78, 5) is 28.5. The number of nitrogens with zero attached hydrogens (tertiary/aromatic N) is 2. The minimum atomic E-state index is -0.345. The van der Waals surface area contributed by atoms with Gasteiger partial charge in [0.25, 0.3) is 0 Å². The van der Waals surface area contributed by atoms with Gasteiger partial charge >= 0.3 is 12.0 Å². The summed E-state index contributed by atoms with van der Waals surface area (Å²) >= 11 is 0. The third-order valence-corrected chi connectivity index (χ3v) is 4.86. The van der Waals surface area contributed by atoms with Gasteiger partial charge < -0.3 is 19.9 Å². The molecule has 0 aliphatic carbocycles. The summed E-state index contributed by atoms with van der Waals surface area (Å²) < 4.78 is 4.87. The van der Waals surface area contributed by atoms with Gasteiger partial charge in [0.1, 0.15) is 0 Å². The Morgan fingerprint density at radius 2 is 1.59 bits per heavy atom. The van der Waals surface area contributed by atoms with E-state index in [4.69, 9.17) is 4.74 Å². The zero-order valence-electron chi connectivity index (χ0n) is 15.7. The number of rotatable bonds is 4. The van der Waals surface area contributed by atoms with Gasteiger partial charge in [-0.3, -0.25) is 0 Å².